The van der Waals surface area contributed by atoms with E-state index in [1.807, 2.05) is 6.07 Å². The predicted molar refractivity (Wildman–Crippen MR) is 120 cm³/mol. The molecule has 3 rings (SSSR count). The smallest absolute Gasteiger partial charge is 0.272 e. The number of benzene rings is 1. The average molecular weight is 494 g/mol. The van der Waals surface area contributed by atoms with Crippen LogP contribution in [0.15, 0.2) is 47.2 Å². The number of aromatic nitrogens is 2. The number of carbonyl (C=O) groups excluding carboxylic acids is 1. The van der Waals surface area contributed by atoms with Crippen molar-refractivity contribution in [3.05, 3.63) is 64.3 Å². The van der Waals surface area contributed by atoms with E-state index in [0.29, 0.717) is 35.3 Å². The number of halogens is 2. The molecule has 0 saturated heterocycles. The van der Waals surface area contributed by atoms with Crippen LogP contribution in [0.1, 0.15) is 22.5 Å². The SMILES string of the molecule is CS(=O)NCCCNc1c(C(=O)NCc2ccc(F)cc2)nc(Br)c2cccnc12. The van der Waals surface area contributed by atoms with Crippen LogP contribution in [0.5, 0.6) is 0 Å². The number of pyridine rings is 2. The summed E-state index contributed by atoms with van der Waals surface area (Å²) >= 11 is 3.42. The first kappa shape index (κ1) is 22.3. The summed E-state index contributed by atoms with van der Waals surface area (Å²) in [5, 5.41) is 6.85. The molecule has 10 heteroatoms. The highest BCUT2D eigenvalue weighted by Crippen LogP contribution is 2.29. The largest absolute Gasteiger partial charge is 0.381 e. The molecule has 1 atom stereocenters. The second-order valence-electron chi connectivity index (χ2n) is 6.46. The maximum absolute atomic E-state index is 13.1. The molecule has 0 fully saturated rings. The van der Waals surface area contributed by atoms with Crippen molar-refractivity contribution in [2.45, 2.75) is 13.0 Å². The summed E-state index contributed by atoms with van der Waals surface area (Å²) < 4.78 is 27.6. The monoisotopic (exact) mass is 493 g/mol. The van der Waals surface area contributed by atoms with Crippen molar-refractivity contribution in [3.8, 4) is 0 Å². The predicted octanol–water partition coefficient (Wildman–Crippen LogP) is 3.15. The van der Waals surface area contributed by atoms with Gasteiger partial charge >= 0.3 is 0 Å². The summed E-state index contributed by atoms with van der Waals surface area (Å²) in [5.74, 6) is -0.702. The number of hydrogen-bond acceptors (Lipinski definition) is 5. The first-order chi connectivity index (χ1) is 14.5. The van der Waals surface area contributed by atoms with E-state index in [2.05, 4.69) is 41.3 Å². The minimum Gasteiger partial charge on any atom is -0.381 e. The molecule has 7 nitrogen and oxygen atoms in total. The molecule has 3 aromatic rings. The highest BCUT2D eigenvalue weighted by atomic mass is 79.9. The van der Waals surface area contributed by atoms with Crippen LogP contribution in [-0.2, 0) is 17.5 Å². The second-order valence-corrected chi connectivity index (χ2v) is 8.41. The van der Waals surface area contributed by atoms with Gasteiger partial charge in [-0.2, -0.15) is 0 Å². The normalized spacial score (nSPS) is 12.0. The zero-order valence-electron chi connectivity index (χ0n) is 16.2. The minimum atomic E-state index is -1.07. The van der Waals surface area contributed by atoms with E-state index >= 15 is 0 Å². The topological polar surface area (TPSA) is 96.0 Å². The van der Waals surface area contributed by atoms with Gasteiger partial charge in [0, 0.05) is 37.5 Å². The van der Waals surface area contributed by atoms with Crippen molar-refractivity contribution >= 4 is 49.4 Å². The van der Waals surface area contributed by atoms with Crippen LogP contribution in [0.25, 0.3) is 10.9 Å². The third kappa shape index (κ3) is 5.80. The molecule has 0 aliphatic rings. The van der Waals surface area contributed by atoms with Crippen LogP contribution in [0.2, 0.25) is 0 Å². The Morgan fingerprint density at radius 2 is 1.97 bits per heavy atom. The lowest BCUT2D eigenvalue weighted by atomic mass is 10.1. The van der Waals surface area contributed by atoms with E-state index in [1.54, 1.807) is 30.7 Å². The van der Waals surface area contributed by atoms with Crippen molar-refractivity contribution in [2.24, 2.45) is 0 Å². The molecule has 2 aromatic heterocycles. The summed E-state index contributed by atoms with van der Waals surface area (Å²) in [6.45, 7) is 1.35. The number of hydrogen-bond donors (Lipinski definition) is 3. The van der Waals surface area contributed by atoms with Crippen LogP contribution >= 0.6 is 15.9 Å². The molecular weight excluding hydrogens is 473 g/mol. The fourth-order valence-corrected chi connectivity index (χ4v) is 3.74. The van der Waals surface area contributed by atoms with Gasteiger partial charge in [-0.3, -0.25) is 9.78 Å². The zero-order chi connectivity index (χ0) is 21.5. The Bertz CT molecular complexity index is 1060. The van der Waals surface area contributed by atoms with Gasteiger partial charge in [-0.05, 0) is 52.2 Å². The Morgan fingerprint density at radius 3 is 2.70 bits per heavy atom. The molecule has 0 radical (unpaired) electrons. The van der Waals surface area contributed by atoms with Gasteiger partial charge in [0.25, 0.3) is 5.91 Å². The molecule has 1 aromatic carbocycles. The Morgan fingerprint density at radius 1 is 1.20 bits per heavy atom. The maximum Gasteiger partial charge on any atom is 0.272 e. The van der Waals surface area contributed by atoms with Gasteiger partial charge in [0.1, 0.15) is 10.4 Å². The molecule has 0 aliphatic carbocycles. The average Bonchev–Trinajstić information content (AvgIpc) is 2.74. The van der Waals surface area contributed by atoms with E-state index in [-0.39, 0.29) is 24.0 Å². The molecule has 0 spiro atoms. The lowest BCUT2D eigenvalue weighted by molar-refractivity contribution is 0.0946. The highest BCUT2D eigenvalue weighted by Gasteiger charge is 2.19. The Kier molecular flexibility index (Phi) is 7.83. The number of amides is 1. The van der Waals surface area contributed by atoms with Gasteiger partial charge < -0.3 is 10.6 Å². The van der Waals surface area contributed by atoms with Gasteiger partial charge in [0.15, 0.2) is 5.69 Å². The number of nitrogens with one attached hydrogen (secondary N) is 3. The Balaban J connectivity index is 1.81. The van der Waals surface area contributed by atoms with Crippen molar-refractivity contribution in [3.63, 3.8) is 0 Å². The quantitative estimate of drug-likeness (QED) is 0.314. The summed E-state index contributed by atoms with van der Waals surface area (Å²) in [6.07, 6.45) is 3.93. The van der Waals surface area contributed by atoms with Crippen LogP contribution in [-0.4, -0.2) is 39.4 Å². The van der Waals surface area contributed by atoms with Gasteiger partial charge in [0.2, 0.25) is 0 Å². The number of nitrogens with zero attached hydrogens (tertiary/aromatic N) is 2. The fraction of sp³-hybridized carbons (Fsp3) is 0.250. The summed E-state index contributed by atoms with van der Waals surface area (Å²) in [4.78, 5) is 21.7. The Hall–Kier alpha value is -2.43. The summed E-state index contributed by atoms with van der Waals surface area (Å²) in [5.41, 5.74) is 2.14. The maximum atomic E-state index is 13.1. The van der Waals surface area contributed by atoms with Crippen LogP contribution in [0.4, 0.5) is 10.1 Å². The van der Waals surface area contributed by atoms with Gasteiger partial charge in [0.05, 0.1) is 22.2 Å². The molecule has 30 heavy (non-hydrogen) atoms. The van der Waals surface area contributed by atoms with Gasteiger partial charge in [-0.25, -0.2) is 18.3 Å². The third-order valence-electron chi connectivity index (χ3n) is 4.26. The summed E-state index contributed by atoms with van der Waals surface area (Å²) in [7, 11) is -1.07. The van der Waals surface area contributed by atoms with Gasteiger partial charge in [-0.1, -0.05) is 12.1 Å². The zero-order valence-corrected chi connectivity index (χ0v) is 18.6. The van der Waals surface area contributed by atoms with E-state index < -0.39 is 11.0 Å². The van der Waals surface area contributed by atoms with Crippen molar-refractivity contribution < 1.29 is 13.4 Å². The standard InChI is InChI=1S/C20H21BrFN5O2S/c1-30(29)26-11-3-10-24-17-16-15(4-2-9-23-16)19(21)27-18(17)20(28)25-12-13-5-7-14(22)8-6-13/h2,4-9,24,26H,3,10-12H2,1H3,(H,25,28). The minimum absolute atomic E-state index is 0.210. The molecule has 158 valence electrons. The van der Waals surface area contributed by atoms with Crippen LogP contribution in [0, 0.1) is 5.82 Å². The molecule has 3 N–H and O–H groups in total. The number of fused-ring (bicyclic) bond motifs is 1. The fourth-order valence-electron chi connectivity index (χ4n) is 2.82. The first-order valence-electron chi connectivity index (χ1n) is 9.23. The highest BCUT2D eigenvalue weighted by molar-refractivity contribution is 9.10. The second kappa shape index (κ2) is 10.6. The van der Waals surface area contributed by atoms with E-state index in [9.17, 15) is 13.4 Å². The Labute approximate surface area is 184 Å². The van der Waals surface area contributed by atoms with E-state index in [0.717, 1.165) is 10.9 Å². The van der Waals surface area contributed by atoms with Crippen LogP contribution < -0.4 is 15.4 Å². The molecule has 0 aliphatic heterocycles. The van der Waals surface area contributed by atoms with Gasteiger partial charge in [-0.15, -0.1) is 0 Å². The number of anilines is 1. The molecule has 0 bridgehead atoms. The molecular formula is C20H21BrFN5O2S. The molecule has 0 saturated carbocycles. The lowest BCUT2D eigenvalue weighted by Gasteiger charge is -2.15. The first-order valence-corrected chi connectivity index (χ1v) is 11.6. The van der Waals surface area contributed by atoms with E-state index in [4.69, 9.17) is 0 Å². The van der Waals surface area contributed by atoms with Crippen LogP contribution in [0.3, 0.4) is 0 Å². The summed E-state index contributed by atoms with van der Waals surface area (Å²) in [6, 6.07) is 9.59. The van der Waals surface area contributed by atoms with Crippen molar-refractivity contribution in [1.82, 2.24) is 20.0 Å². The molecule has 1 amide bonds. The third-order valence-corrected chi connectivity index (χ3v) is 5.47. The molecule has 2 heterocycles. The van der Waals surface area contributed by atoms with E-state index in [1.165, 1.54) is 12.1 Å². The molecule has 1 unspecified atom stereocenters. The lowest BCUT2D eigenvalue weighted by Crippen LogP contribution is -2.26. The number of rotatable bonds is 9. The van der Waals surface area contributed by atoms with Crippen molar-refractivity contribution in [2.75, 3.05) is 24.7 Å². The number of carbonyl (C=O) groups is 1. The van der Waals surface area contributed by atoms with Crippen molar-refractivity contribution in [1.29, 1.82) is 0 Å².